The van der Waals surface area contributed by atoms with Gasteiger partial charge in [-0.1, -0.05) is 0 Å². The first-order valence-corrected chi connectivity index (χ1v) is 10.5. The molecule has 28 heavy (non-hydrogen) atoms. The third-order valence-electron chi connectivity index (χ3n) is 5.37. The molecule has 0 amide bonds. The fourth-order valence-electron chi connectivity index (χ4n) is 3.82. The summed E-state index contributed by atoms with van der Waals surface area (Å²) in [7, 11) is 0. The van der Waals surface area contributed by atoms with Crippen LogP contribution >= 0.6 is 0 Å². The maximum absolute atomic E-state index is 14.0. The standard InChI is InChI=1S/C20H33FN6O/c1-2-22-20(24-10-4-11-26-12-7-17(28)8-13-26)25-16-6-14-27(15-16)19-18(21)5-3-9-23-19/h3,5,9,16-17,28H,2,4,6-8,10-15H2,1H3,(H2,22,24,25). The third-order valence-corrected chi connectivity index (χ3v) is 5.37. The van der Waals surface area contributed by atoms with Crippen LogP contribution in [0.5, 0.6) is 0 Å². The highest BCUT2D eigenvalue weighted by Crippen LogP contribution is 2.20. The maximum atomic E-state index is 14.0. The van der Waals surface area contributed by atoms with Gasteiger partial charge in [0.15, 0.2) is 17.6 Å². The Morgan fingerprint density at radius 1 is 1.32 bits per heavy atom. The van der Waals surface area contributed by atoms with E-state index in [2.05, 4.69) is 27.4 Å². The molecule has 1 aromatic heterocycles. The van der Waals surface area contributed by atoms with Gasteiger partial charge < -0.3 is 25.5 Å². The van der Waals surface area contributed by atoms with Gasteiger partial charge in [0.2, 0.25) is 0 Å². The molecule has 0 aliphatic carbocycles. The minimum Gasteiger partial charge on any atom is -0.393 e. The zero-order valence-corrected chi connectivity index (χ0v) is 16.8. The van der Waals surface area contributed by atoms with Gasteiger partial charge in [0.25, 0.3) is 0 Å². The van der Waals surface area contributed by atoms with Gasteiger partial charge in [-0.15, -0.1) is 0 Å². The predicted molar refractivity (Wildman–Crippen MR) is 110 cm³/mol. The van der Waals surface area contributed by atoms with Crippen molar-refractivity contribution in [3.63, 3.8) is 0 Å². The lowest BCUT2D eigenvalue weighted by atomic mass is 10.1. The summed E-state index contributed by atoms with van der Waals surface area (Å²) in [5, 5.41) is 16.4. The lowest BCUT2D eigenvalue weighted by Crippen LogP contribution is -2.45. The van der Waals surface area contributed by atoms with Crippen molar-refractivity contribution in [3.8, 4) is 0 Å². The molecule has 1 unspecified atom stereocenters. The van der Waals surface area contributed by atoms with Crippen LogP contribution in [0.3, 0.4) is 0 Å². The molecular weight excluding hydrogens is 359 g/mol. The molecule has 0 aromatic carbocycles. The van der Waals surface area contributed by atoms with Gasteiger partial charge in [-0.2, -0.15) is 0 Å². The Morgan fingerprint density at radius 2 is 2.14 bits per heavy atom. The molecule has 2 aliphatic rings. The monoisotopic (exact) mass is 392 g/mol. The zero-order valence-electron chi connectivity index (χ0n) is 16.8. The number of hydrogen-bond donors (Lipinski definition) is 3. The number of nitrogens with zero attached hydrogens (tertiary/aromatic N) is 4. The number of anilines is 1. The number of aliphatic hydroxyl groups is 1. The number of halogens is 1. The zero-order chi connectivity index (χ0) is 19.8. The van der Waals surface area contributed by atoms with E-state index < -0.39 is 0 Å². The van der Waals surface area contributed by atoms with E-state index in [1.807, 2.05) is 4.90 Å². The fraction of sp³-hybridized carbons (Fsp3) is 0.700. The topological polar surface area (TPSA) is 76.0 Å². The first kappa shape index (κ1) is 20.8. The summed E-state index contributed by atoms with van der Waals surface area (Å²) in [4.78, 5) is 13.3. The quantitative estimate of drug-likeness (QED) is 0.368. The van der Waals surface area contributed by atoms with E-state index in [4.69, 9.17) is 4.99 Å². The smallest absolute Gasteiger partial charge is 0.191 e. The number of aliphatic imine (C=N–C) groups is 1. The van der Waals surface area contributed by atoms with Crippen LogP contribution in [0.1, 0.15) is 32.6 Å². The second-order valence-corrected chi connectivity index (χ2v) is 7.57. The van der Waals surface area contributed by atoms with Gasteiger partial charge in [0, 0.05) is 51.5 Å². The molecule has 3 rings (SSSR count). The Labute approximate surface area is 167 Å². The molecule has 156 valence electrons. The number of aliphatic hydroxyl groups excluding tert-OH is 1. The average Bonchev–Trinajstić information content (AvgIpc) is 3.15. The van der Waals surface area contributed by atoms with Crippen LogP contribution in [-0.2, 0) is 0 Å². The summed E-state index contributed by atoms with van der Waals surface area (Å²) in [5.41, 5.74) is 0. The number of guanidine groups is 1. The highest BCUT2D eigenvalue weighted by Gasteiger charge is 2.26. The molecule has 1 atom stereocenters. The lowest BCUT2D eigenvalue weighted by molar-refractivity contribution is 0.0824. The van der Waals surface area contributed by atoms with Crippen LogP contribution in [0.15, 0.2) is 23.3 Å². The molecule has 0 spiro atoms. The summed E-state index contributed by atoms with van der Waals surface area (Å²) < 4.78 is 14.0. The number of rotatable bonds is 7. The van der Waals surface area contributed by atoms with Crippen molar-refractivity contribution < 1.29 is 9.50 Å². The van der Waals surface area contributed by atoms with Crippen molar-refractivity contribution >= 4 is 11.8 Å². The molecule has 0 bridgehead atoms. The van der Waals surface area contributed by atoms with Crippen LogP contribution in [0, 0.1) is 5.82 Å². The summed E-state index contributed by atoms with van der Waals surface area (Å²) in [6, 6.07) is 3.30. The van der Waals surface area contributed by atoms with Gasteiger partial charge in [-0.05, 0) is 51.3 Å². The van der Waals surface area contributed by atoms with E-state index in [1.54, 1.807) is 12.3 Å². The van der Waals surface area contributed by atoms with Crippen LogP contribution in [0.25, 0.3) is 0 Å². The molecule has 1 aromatic rings. The minimum absolute atomic E-state index is 0.121. The van der Waals surface area contributed by atoms with Crippen molar-refractivity contribution in [2.45, 2.75) is 44.8 Å². The van der Waals surface area contributed by atoms with E-state index in [9.17, 15) is 9.50 Å². The summed E-state index contributed by atoms with van der Waals surface area (Å²) in [6.07, 6.45) is 5.20. The van der Waals surface area contributed by atoms with Gasteiger partial charge >= 0.3 is 0 Å². The first-order chi connectivity index (χ1) is 13.7. The van der Waals surface area contributed by atoms with Crippen LogP contribution < -0.4 is 15.5 Å². The van der Waals surface area contributed by atoms with E-state index in [-0.39, 0.29) is 18.0 Å². The van der Waals surface area contributed by atoms with Crippen molar-refractivity contribution in [2.24, 2.45) is 4.99 Å². The van der Waals surface area contributed by atoms with E-state index in [1.165, 1.54) is 6.07 Å². The van der Waals surface area contributed by atoms with E-state index in [0.29, 0.717) is 12.4 Å². The van der Waals surface area contributed by atoms with Gasteiger partial charge in [0.1, 0.15) is 0 Å². The van der Waals surface area contributed by atoms with Crippen LogP contribution in [0.4, 0.5) is 10.2 Å². The number of piperidine rings is 1. The van der Waals surface area contributed by atoms with Crippen LogP contribution in [-0.4, -0.2) is 78.9 Å². The van der Waals surface area contributed by atoms with Crippen LogP contribution in [0.2, 0.25) is 0 Å². The predicted octanol–water partition coefficient (Wildman–Crippen LogP) is 1.20. The maximum Gasteiger partial charge on any atom is 0.191 e. The molecule has 3 N–H and O–H groups in total. The largest absolute Gasteiger partial charge is 0.393 e. The number of hydrogen-bond acceptors (Lipinski definition) is 5. The second-order valence-electron chi connectivity index (χ2n) is 7.57. The Morgan fingerprint density at radius 3 is 2.89 bits per heavy atom. The molecule has 8 heteroatoms. The molecule has 0 radical (unpaired) electrons. The highest BCUT2D eigenvalue weighted by molar-refractivity contribution is 5.80. The summed E-state index contributed by atoms with van der Waals surface area (Å²) in [6.45, 7) is 8.10. The van der Waals surface area contributed by atoms with Crippen molar-refractivity contribution in [1.82, 2.24) is 20.5 Å². The molecule has 3 heterocycles. The Bertz CT molecular complexity index is 635. The first-order valence-electron chi connectivity index (χ1n) is 10.5. The summed E-state index contributed by atoms with van der Waals surface area (Å²) >= 11 is 0. The van der Waals surface area contributed by atoms with Crippen molar-refractivity contribution in [3.05, 3.63) is 24.1 Å². The van der Waals surface area contributed by atoms with Gasteiger partial charge in [-0.25, -0.2) is 9.37 Å². The lowest BCUT2D eigenvalue weighted by Gasteiger charge is -2.29. The molecular formula is C20H33FN6O. The molecule has 7 nitrogen and oxygen atoms in total. The number of aromatic nitrogens is 1. The Kier molecular flexibility index (Phi) is 7.85. The van der Waals surface area contributed by atoms with E-state index >= 15 is 0 Å². The molecule has 0 saturated carbocycles. The molecule has 2 aliphatic heterocycles. The van der Waals surface area contributed by atoms with Crippen molar-refractivity contribution in [1.29, 1.82) is 0 Å². The highest BCUT2D eigenvalue weighted by atomic mass is 19.1. The number of pyridine rings is 1. The Hall–Kier alpha value is -1.93. The average molecular weight is 393 g/mol. The SMILES string of the molecule is CCNC(=NCCCN1CCC(O)CC1)NC1CCN(c2ncccc2F)C1. The molecule has 2 fully saturated rings. The Balaban J connectivity index is 1.44. The van der Waals surface area contributed by atoms with Gasteiger partial charge in [-0.3, -0.25) is 4.99 Å². The number of likely N-dealkylation sites (tertiary alicyclic amines) is 1. The second kappa shape index (κ2) is 10.6. The third kappa shape index (κ3) is 6.04. The fourth-order valence-corrected chi connectivity index (χ4v) is 3.82. The van der Waals surface area contributed by atoms with Crippen molar-refractivity contribution in [2.75, 3.05) is 50.7 Å². The summed E-state index contributed by atoms with van der Waals surface area (Å²) in [5.74, 6) is 0.985. The van der Waals surface area contributed by atoms with E-state index in [0.717, 1.165) is 70.9 Å². The normalized spacial score (nSPS) is 21.9. The van der Waals surface area contributed by atoms with Gasteiger partial charge in [0.05, 0.1) is 6.10 Å². The molecule has 2 saturated heterocycles. The minimum atomic E-state index is -0.269. The number of nitrogens with one attached hydrogen (secondary N) is 2.